The van der Waals surface area contributed by atoms with E-state index in [9.17, 15) is 4.79 Å². The van der Waals surface area contributed by atoms with E-state index in [1.54, 1.807) is 6.92 Å². The molecular weight excluding hydrogens is 188 g/mol. The van der Waals surface area contributed by atoms with Crippen molar-refractivity contribution in [2.45, 2.75) is 66.2 Å². The second kappa shape index (κ2) is 6.86. The molecule has 0 spiro atoms. The molecule has 1 unspecified atom stereocenters. The van der Waals surface area contributed by atoms with Crippen molar-refractivity contribution in [3.63, 3.8) is 0 Å². The van der Waals surface area contributed by atoms with E-state index in [1.807, 2.05) is 0 Å². The molecule has 0 saturated heterocycles. The van der Waals surface area contributed by atoms with Crippen LogP contribution in [0.4, 0.5) is 0 Å². The summed E-state index contributed by atoms with van der Waals surface area (Å²) in [6.07, 6.45) is 6.84. The second-order valence-corrected chi connectivity index (χ2v) is 5.40. The number of carboxylic acids is 1. The largest absolute Gasteiger partial charge is 0.481 e. The molecule has 1 N–H and O–H groups in total. The first-order valence-electron chi connectivity index (χ1n) is 6.12. The van der Waals surface area contributed by atoms with Crippen LogP contribution in [0.15, 0.2) is 0 Å². The summed E-state index contributed by atoms with van der Waals surface area (Å²) in [7, 11) is 0. The van der Waals surface area contributed by atoms with Crippen LogP contribution in [0.2, 0.25) is 0 Å². The molecule has 0 bridgehead atoms. The van der Waals surface area contributed by atoms with Gasteiger partial charge < -0.3 is 5.11 Å². The van der Waals surface area contributed by atoms with E-state index in [2.05, 4.69) is 20.8 Å². The lowest BCUT2D eigenvalue weighted by molar-refractivity contribution is -0.141. The number of rotatable bonds is 8. The Kier molecular flexibility index (Phi) is 6.62. The van der Waals surface area contributed by atoms with Gasteiger partial charge in [-0.05, 0) is 24.7 Å². The van der Waals surface area contributed by atoms with Gasteiger partial charge in [-0.15, -0.1) is 0 Å². The van der Waals surface area contributed by atoms with Crippen LogP contribution in [0.5, 0.6) is 0 Å². The molecule has 2 heteroatoms. The molecule has 15 heavy (non-hydrogen) atoms. The van der Waals surface area contributed by atoms with Gasteiger partial charge in [-0.25, -0.2) is 0 Å². The molecule has 0 aliphatic heterocycles. The van der Waals surface area contributed by atoms with Crippen molar-refractivity contribution in [1.82, 2.24) is 0 Å². The first kappa shape index (κ1) is 14.5. The average Bonchev–Trinajstić information content (AvgIpc) is 2.14. The highest BCUT2D eigenvalue weighted by Gasteiger charge is 2.20. The molecule has 0 aromatic carbocycles. The Morgan fingerprint density at radius 2 is 1.87 bits per heavy atom. The lowest BCUT2D eigenvalue weighted by atomic mass is 9.80. The lowest BCUT2D eigenvalue weighted by Crippen LogP contribution is -2.16. The van der Waals surface area contributed by atoms with Crippen molar-refractivity contribution in [3.05, 3.63) is 0 Å². The van der Waals surface area contributed by atoms with E-state index in [1.165, 1.54) is 25.7 Å². The van der Waals surface area contributed by atoms with Crippen LogP contribution in [0.25, 0.3) is 0 Å². The third-order valence-corrected chi connectivity index (χ3v) is 3.13. The van der Waals surface area contributed by atoms with Gasteiger partial charge in [-0.2, -0.15) is 0 Å². The minimum absolute atomic E-state index is 0.199. The summed E-state index contributed by atoms with van der Waals surface area (Å²) >= 11 is 0. The van der Waals surface area contributed by atoms with Crippen molar-refractivity contribution in [2.75, 3.05) is 0 Å². The lowest BCUT2D eigenvalue weighted by Gasteiger charge is -2.25. The van der Waals surface area contributed by atoms with Gasteiger partial charge in [0.25, 0.3) is 0 Å². The van der Waals surface area contributed by atoms with Crippen LogP contribution >= 0.6 is 0 Å². The summed E-state index contributed by atoms with van der Waals surface area (Å²) in [5, 5.41) is 8.79. The number of carbonyl (C=O) groups is 1. The number of aliphatic carboxylic acids is 1. The second-order valence-electron chi connectivity index (χ2n) is 5.40. The molecule has 0 amide bonds. The maximum atomic E-state index is 10.7. The SMILES string of the molecule is CCCCCC(C)(C)CCC(C)C(=O)O. The van der Waals surface area contributed by atoms with E-state index < -0.39 is 5.97 Å². The van der Waals surface area contributed by atoms with Crippen LogP contribution < -0.4 is 0 Å². The summed E-state index contributed by atoms with van der Waals surface area (Å²) < 4.78 is 0. The molecule has 0 fully saturated rings. The molecule has 0 aromatic heterocycles. The summed E-state index contributed by atoms with van der Waals surface area (Å²) in [6.45, 7) is 8.50. The first-order valence-corrected chi connectivity index (χ1v) is 6.12. The maximum Gasteiger partial charge on any atom is 0.306 e. The Morgan fingerprint density at radius 1 is 1.27 bits per heavy atom. The third kappa shape index (κ3) is 7.40. The van der Waals surface area contributed by atoms with Crippen molar-refractivity contribution in [3.8, 4) is 0 Å². The zero-order chi connectivity index (χ0) is 11.9. The van der Waals surface area contributed by atoms with Crippen molar-refractivity contribution >= 4 is 5.97 Å². The minimum atomic E-state index is -0.667. The van der Waals surface area contributed by atoms with E-state index in [0.717, 1.165) is 12.8 Å². The highest BCUT2D eigenvalue weighted by Crippen LogP contribution is 2.30. The third-order valence-electron chi connectivity index (χ3n) is 3.13. The van der Waals surface area contributed by atoms with Crippen LogP contribution in [-0.2, 0) is 4.79 Å². The number of carboxylic acid groups (broad SMARTS) is 1. The van der Waals surface area contributed by atoms with Gasteiger partial charge in [0, 0.05) is 0 Å². The predicted molar refractivity (Wildman–Crippen MR) is 64.0 cm³/mol. The van der Waals surface area contributed by atoms with Crippen molar-refractivity contribution in [1.29, 1.82) is 0 Å². The summed E-state index contributed by atoms with van der Waals surface area (Å²) in [5.74, 6) is -0.866. The Bertz CT molecular complexity index is 185. The van der Waals surface area contributed by atoms with Gasteiger partial charge in [0.2, 0.25) is 0 Å². The van der Waals surface area contributed by atoms with Crippen LogP contribution in [0, 0.1) is 11.3 Å². The quantitative estimate of drug-likeness (QED) is 0.618. The van der Waals surface area contributed by atoms with Crippen molar-refractivity contribution in [2.24, 2.45) is 11.3 Å². The molecule has 2 nitrogen and oxygen atoms in total. The molecule has 1 atom stereocenters. The molecule has 0 radical (unpaired) electrons. The molecule has 0 aliphatic rings. The van der Waals surface area contributed by atoms with E-state index >= 15 is 0 Å². The fourth-order valence-electron chi connectivity index (χ4n) is 1.71. The van der Waals surface area contributed by atoms with Gasteiger partial charge in [0.05, 0.1) is 5.92 Å². The van der Waals surface area contributed by atoms with E-state index in [0.29, 0.717) is 5.41 Å². The van der Waals surface area contributed by atoms with Gasteiger partial charge >= 0.3 is 5.97 Å². The van der Waals surface area contributed by atoms with Gasteiger partial charge in [0.1, 0.15) is 0 Å². The number of hydrogen-bond donors (Lipinski definition) is 1. The Morgan fingerprint density at radius 3 is 2.33 bits per heavy atom. The Hall–Kier alpha value is -0.530. The fraction of sp³-hybridized carbons (Fsp3) is 0.923. The number of unbranched alkanes of at least 4 members (excludes halogenated alkanes) is 2. The zero-order valence-electron chi connectivity index (χ0n) is 10.7. The monoisotopic (exact) mass is 214 g/mol. The van der Waals surface area contributed by atoms with Crippen LogP contribution in [0.3, 0.4) is 0 Å². The summed E-state index contributed by atoms with van der Waals surface area (Å²) in [6, 6.07) is 0. The zero-order valence-corrected chi connectivity index (χ0v) is 10.7. The normalized spacial score (nSPS) is 13.9. The molecule has 0 saturated carbocycles. The Balaban J connectivity index is 3.77. The summed E-state index contributed by atoms with van der Waals surface area (Å²) in [4.78, 5) is 10.7. The molecule has 0 heterocycles. The molecule has 0 aliphatic carbocycles. The van der Waals surface area contributed by atoms with Crippen LogP contribution in [-0.4, -0.2) is 11.1 Å². The Labute approximate surface area is 94.1 Å². The fourth-order valence-corrected chi connectivity index (χ4v) is 1.71. The minimum Gasteiger partial charge on any atom is -0.481 e. The van der Waals surface area contributed by atoms with E-state index in [4.69, 9.17) is 5.11 Å². The summed E-state index contributed by atoms with van der Waals surface area (Å²) in [5.41, 5.74) is 0.304. The molecule has 0 aromatic rings. The highest BCUT2D eigenvalue weighted by atomic mass is 16.4. The van der Waals surface area contributed by atoms with Crippen LogP contribution in [0.1, 0.15) is 66.2 Å². The van der Waals surface area contributed by atoms with Gasteiger partial charge in [0.15, 0.2) is 0 Å². The van der Waals surface area contributed by atoms with Gasteiger partial charge in [-0.1, -0.05) is 47.0 Å². The van der Waals surface area contributed by atoms with Gasteiger partial charge in [-0.3, -0.25) is 4.79 Å². The average molecular weight is 214 g/mol. The molecule has 90 valence electrons. The van der Waals surface area contributed by atoms with Crippen molar-refractivity contribution < 1.29 is 9.90 Å². The molecular formula is C13H26O2. The number of hydrogen-bond acceptors (Lipinski definition) is 1. The smallest absolute Gasteiger partial charge is 0.306 e. The highest BCUT2D eigenvalue weighted by molar-refractivity contribution is 5.69. The first-order chi connectivity index (χ1) is 6.89. The molecule has 0 rings (SSSR count). The maximum absolute atomic E-state index is 10.7. The predicted octanol–water partition coefficient (Wildman–Crippen LogP) is 4.09. The topological polar surface area (TPSA) is 37.3 Å². The standard InChI is InChI=1S/C13H26O2/c1-5-6-7-9-13(3,4)10-8-11(2)12(14)15/h11H,5-10H2,1-4H3,(H,14,15). The van der Waals surface area contributed by atoms with E-state index in [-0.39, 0.29) is 5.92 Å².